The van der Waals surface area contributed by atoms with E-state index in [4.69, 9.17) is 19.3 Å². The maximum Gasteiger partial charge on any atom is 0.337 e. The van der Waals surface area contributed by atoms with Crippen LogP contribution in [0.15, 0.2) is 60.8 Å². The molecule has 28 heavy (non-hydrogen) atoms. The summed E-state index contributed by atoms with van der Waals surface area (Å²) in [7, 11) is 0. The average Bonchev–Trinajstić information content (AvgIpc) is 3.19. The number of ether oxygens (including phenoxy) is 3. The third-order valence-corrected chi connectivity index (χ3v) is 4.22. The number of pyridine rings is 1. The molecule has 140 valence electrons. The molecule has 0 fully saturated rings. The fraction of sp³-hybridized carbons (Fsp3) is 0.0909. The minimum Gasteiger partial charge on any atom is -0.488 e. The number of fused-ring (bicyclic) bond motifs is 1. The van der Waals surface area contributed by atoms with E-state index in [0.717, 1.165) is 28.4 Å². The van der Waals surface area contributed by atoms with Crippen molar-refractivity contribution in [3.8, 4) is 17.2 Å². The van der Waals surface area contributed by atoms with Crippen molar-refractivity contribution in [2.24, 2.45) is 0 Å². The minimum atomic E-state index is -0.995. The number of carboxylic acid groups (broad SMARTS) is 1. The van der Waals surface area contributed by atoms with Crippen molar-refractivity contribution in [1.82, 2.24) is 4.98 Å². The van der Waals surface area contributed by atoms with Crippen molar-refractivity contribution in [2.75, 3.05) is 6.79 Å². The van der Waals surface area contributed by atoms with Gasteiger partial charge in [-0.1, -0.05) is 24.3 Å². The Morgan fingerprint density at radius 3 is 2.75 bits per heavy atom. The van der Waals surface area contributed by atoms with Crippen molar-refractivity contribution >= 4 is 18.1 Å². The average molecular weight is 375 g/mol. The van der Waals surface area contributed by atoms with E-state index in [0.29, 0.717) is 12.3 Å². The first-order valence-corrected chi connectivity index (χ1v) is 8.67. The fourth-order valence-electron chi connectivity index (χ4n) is 2.75. The lowest BCUT2D eigenvalue weighted by Gasteiger charge is -2.10. The van der Waals surface area contributed by atoms with Crippen LogP contribution in [0, 0.1) is 0 Å². The second kappa shape index (κ2) is 7.84. The molecule has 6 heteroatoms. The summed E-state index contributed by atoms with van der Waals surface area (Å²) in [5, 5.41) is 8.94. The molecule has 0 radical (unpaired) electrons. The van der Waals surface area contributed by atoms with E-state index in [-0.39, 0.29) is 12.4 Å². The molecule has 0 spiro atoms. The molecule has 0 bridgehead atoms. The smallest absolute Gasteiger partial charge is 0.337 e. The zero-order valence-electron chi connectivity index (χ0n) is 14.9. The van der Waals surface area contributed by atoms with Gasteiger partial charge >= 0.3 is 5.97 Å². The maximum absolute atomic E-state index is 10.9. The van der Waals surface area contributed by atoms with E-state index in [1.165, 1.54) is 12.3 Å². The topological polar surface area (TPSA) is 77.9 Å². The fourth-order valence-corrected chi connectivity index (χ4v) is 2.75. The number of carboxylic acids is 1. The summed E-state index contributed by atoms with van der Waals surface area (Å²) in [6.07, 6.45) is 5.04. The molecule has 1 aliphatic heterocycles. The molecule has 4 rings (SSSR count). The van der Waals surface area contributed by atoms with Crippen molar-refractivity contribution in [2.45, 2.75) is 6.61 Å². The number of rotatable bonds is 6. The quantitative estimate of drug-likeness (QED) is 0.694. The molecule has 1 aromatic heterocycles. The van der Waals surface area contributed by atoms with E-state index >= 15 is 0 Å². The first-order valence-electron chi connectivity index (χ1n) is 8.67. The van der Waals surface area contributed by atoms with E-state index < -0.39 is 5.97 Å². The van der Waals surface area contributed by atoms with Crippen LogP contribution in [0.3, 0.4) is 0 Å². The van der Waals surface area contributed by atoms with Crippen LogP contribution in [0.4, 0.5) is 0 Å². The Labute approximate surface area is 161 Å². The third kappa shape index (κ3) is 3.96. The second-order valence-corrected chi connectivity index (χ2v) is 6.12. The highest BCUT2D eigenvalue weighted by molar-refractivity contribution is 5.87. The van der Waals surface area contributed by atoms with Crippen molar-refractivity contribution in [3.63, 3.8) is 0 Å². The Kier molecular flexibility index (Phi) is 4.93. The Bertz CT molecular complexity index is 1030. The van der Waals surface area contributed by atoms with Gasteiger partial charge in [-0.15, -0.1) is 0 Å². The van der Waals surface area contributed by atoms with E-state index in [1.807, 2.05) is 54.6 Å². The molecule has 0 aliphatic carbocycles. The number of hydrogen-bond donors (Lipinski definition) is 1. The van der Waals surface area contributed by atoms with E-state index in [1.54, 1.807) is 6.07 Å². The van der Waals surface area contributed by atoms with Crippen molar-refractivity contribution in [1.29, 1.82) is 0 Å². The van der Waals surface area contributed by atoms with Crippen LogP contribution in [-0.4, -0.2) is 22.9 Å². The van der Waals surface area contributed by atoms with Crippen LogP contribution in [0.1, 0.15) is 27.2 Å². The molecule has 3 aromatic rings. The number of hydrogen-bond acceptors (Lipinski definition) is 5. The van der Waals surface area contributed by atoms with Crippen LogP contribution in [0.25, 0.3) is 12.2 Å². The Morgan fingerprint density at radius 1 is 1.07 bits per heavy atom. The summed E-state index contributed by atoms with van der Waals surface area (Å²) in [4.78, 5) is 15.0. The number of aromatic nitrogens is 1. The molecule has 0 saturated heterocycles. The Morgan fingerprint density at radius 2 is 1.93 bits per heavy atom. The molecule has 2 aromatic carbocycles. The molecular formula is C22H17NO5. The lowest BCUT2D eigenvalue weighted by Crippen LogP contribution is -1.97. The number of benzene rings is 2. The predicted molar refractivity (Wildman–Crippen MR) is 103 cm³/mol. The number of para-hydroxylation sites is 1. The van der Waals surface area contributed by atoms with Gasteiger partial charge in [-0.05, 0) is 48.0 Å². The van der Waals surface area contributed by atoms with Gasteiger partial charge < -0.3 is 19.3 Å². The number of nitrogens with zero attached hydrogens (tertiary/aromatic N) is 1. The van der Waals surface area contributed by atoms with Crippen LogP contribution in [0.5, 0.6) is 17.2 Å². The molecule has 0 atom stereocenters. The summed E-state index contributed by atoms with van der Waals surface area (Å²) in [5.41, 5.74) is 2.70. The Balaban J connectivity index is 1.46. The standard InChI is InChI=1S/C22H17NO5/c24-22(25)17-7-9-18(23-12-17)8-6-16-3-1-2-4-19(16)26-13-15-5-10-20-21(11-15)28-14-27-20/h1-12H,13-14H2,(H,24,25)/b8-6+. The van der Waals surface area contributed by atoms with Crippen LogP contribution in [0.2, 0.25) is 0 Å². The summed E-state index contributed by atoms with van der Waals surface area (Å²) < 4.78 is 16.7. The first kappa shape index (κ1) is 17.6. The number of aromatic carboxylic acids is 1. The predicted octanol–water partition coefficient (Wildman–Crippen LogP) is 4.26. The van der Waals surface area contributed by atoms with Gasteiger partial charge in [0, 0.05) is 11.8 Å². The zero-order chi connectivity index (χ0) is 19.3. The van der Waals surface area contributed by atoms with Gasteiger partial charge in [0.05, 0.1) is 11.3 Å². The summed E-state index contributed by atoms with van der Waals surface area (Å²) in [6, 6.07) is 16.6. The van der Waals surface area contributed by atoms with Gasteiger partial charge in [-0.2, -0.15) is 0 Å². The largest absolute Gasteiger partial charge is 0.488 e. The highest BCUT2D eigenvalue weighted by atomic mass is 16.7. The molecule has 0 amide bonds. The van der Waals surface area contributed by atoms with Crippen LogP contribution in [-0.2, 0) is 6.61 Å². The van der Waals surface area contributed by atoms with Gasteiger partial charge in [0.2, 0.25) is 6.79 Å². The molecule has 0 unspecified atom stereocenters. The maximum atomic E-state index is 10.9. The normalized spacial score (nSPS) is 12.3. The Hall–Kier alpha value is -3.80. The number of carbonyl (C=O) groups is 1. The molecule has 1 aliphatic rings. The monoisotopic (exact) mass is 375 g/mol. The summed E-state index contributed by atoms with van der Waals surface area (Å²) in [5.74, 6) is 1.21. The first-order chi connectivity index (χ1) is 13.7. The second-order valence-electron chi connectivity index (χ2n) is 6.12. The van der Waals surface area contributed by atoms with Gasteiger partial charge in [0.1, 0.15) is 12.4 Å². The van der Waals surface area contributed by atoms with Gasteiger partial charge in [-0.25, -0.2) is 4.79 Å². The van der Waals surface area contributed by atoms with Gasteiger partial charge in [-0.3, -0.25) is 4.98 Å². The van der Waals surface area contributed by atoms with Crippen LogP contribution >= 0.6 is 0 Å². The summed E-state index contributed by atoms with van der Waals surface area (Å²) >= 11 is 0. The van der Waals surface area contributed by atoms with Gasteiger partial charge in [0.25, 0.3) is 0 Å². The van der Waals surface area contributed by atoms with Crippen LogP contribution < -0.4 is 14.2 Å². The SMILES string of the molecule is O=C(O)c1ccc(/C=C/c2ccccc2OCc2ccc3c(c2)OCO3)nc1. The highest BCUT2D eigenvalue weighted by Gasteiger charge is 2.13. The molecule has 1 N–H and O–H groups in total. The third-order valence-electron chi connectivity index (χ3n) is 4.22. The molecule has 6 nitrogen and oxygen atoms in total. The van der Waals surface area contributed by atoms with Crippen molar-refractivity contribution < 1.29 is 24.1 Å². The lowest BCUT2D eigenvalue weighted by atomic mass is 10.1. The lowest BCUT2D eigenvalue weighted by molar-refractivity contribution is 0.0696. The molecule has 2 heterocycles. The van der Waals surface area contributed by atoms with E-state index in [2.05, 4.69) is 4.98 Å². The molecular weight excluding hydrogens is 358 g/mol. The summed E-state index contributed by atoms with van der Waals surface area (Å²) in [6.45, 7) is 0.641. The van der Waals surface area contributed by atoms with E-state index in [9.17, 15) is 4.79 Å². The highest BCUT2D eigenvalue weighted by Crippen LogP contribution is 2.33. The minimum absolute atomic E-state index is 0.157. The zero-order valence-corrected chi connectivity index (χ0v) is 14.9. The molecule has 0 saturated carbocycles. The van der Waals surface area contributed by atoms with Gasteiger partial charge in [0.15, 0.2) is 11.5 Å². The van der Waals surface area contributed by atoms with Crippen molar-refractivity contribution in [3.05, 3.63) is 83.2 Å².